The van der Waals surface area contributed by atoms with Crippen molar-refractivity contribution in [2.75, 3.05) is 4.72 Å². The van der Waals surface area contributed by atoms with Crippen molar-refractivity contribution in [3.63, 3.8) is 0 Å². The third-order valence-corrected chi connectivity index (χ3v) is 5.84. The molecule has 0 aliphatic carbocycles. The highest BCUT2D eigenvalue weighted by molar-refractivity contribution is 7.92. The van der Waals surface area contributed by atoms with Crippen molar-refractivity contribution in [2.45, 2.75) is 11.1 Å². The van der Waals surface area contributed by atoms with Gasteiger partial charge >= 0.3 is 6.18 Å². The molecule has 2 heterocycles. The average molecular weight is 493 g/mol. The number of aromatic nitrogens is 2. The molecule has 3 rings (SSSR count). The minimum absolute atomic E-state index is 0.0254. The first-order valence-corrected chi connectivity index (χ1v) is 10.4. The third-order valence-electron chi connectivity index (χ3n) is 3.94. The maximum Gasteiger partial charge on any atom is 0.417 e. The van der Waals surface area contributed by atoms with Gasteiger partial charge in [0.1, 0.15) is 5.69 Å². The molecule has 0 amide bonds. The van der Waals surface area contributed by atoms with Gasteiger partial charge in [-0.15, -0.1) is 0 Å². The first-order chi connectivity index (χ1) is 14.4. The fraction of sp³-hybridized carbons (Fsp3) is 0.0556. The number of hydrogen-bond donors (Lipinski definition) is 2. The second-order valence-electron chi connectivity index (χ2n) is 6.09. The fourth-order valence-electron chi connectivity index (χ4n) is 2.50. The second-order valence-corrected chi connectivity index (χ2v) is 8.62. The van der Waals surface area contributed by atoms with Gasteiger partial charge in [0.2, 0.25) is 18.2 Å². The van der Waals surface area contributed by atoms with Crippen LogP contribution < -0.4 is 9.45 Å². The Kier molecular flexibility index (Phi) is 6.12. The van der Waals surface area contributed by atoms with Crippen molar-refractivity contribution < 1.29 is 36.3 Å². The molecule has 1 aromatic carbocycles. The van der Waals surface area contributed by atoms with Gasteiger partial charge in [0, 0.05) is 28.6 Å². The largest absolute Gasteiger partial charge is 0.417 e. The maximum absolute atomic E-state index is 13.1. The van der Waals surface area contributed by atoms with Crippen molar-refractivity contribution in [2.24, 2.45) is 0 Å². The molecule has 7 nitrogen and oxygen atoms in total. The van der Waals surface area contributed by atoms with Crippen LogP contribution in [0.25, 0.3) is 0 Å². The zero-order valence-corrected chi connectivity index (χ0v) is 17.4. The number of pyridine rings is 2. The number of ketones is 1. The fourth-order valence-corrected chi connectivity index (χ4v) is 3.96. The number of sulfonamides is 1. The first-order valence-electron chi connectivity index (χ1n) is 8.19. The molecule has 0 bridgehead atoms. The second kappa shape index (κ2) is 8.33. The molecular weight excluding hydrogens is 482 g/mol. The minimum atomic E-state index is -4.88. The topological polar surface area (TPSA) is 100 Å². The summed E-state index contributed by atoms with van der Waals surface area (Å²) in [6.07, 6.45) is -1.44. The Morgan fingerprint density at radius 1 is 1.10 bits per heavy atom. The van der Waals surface area contributed by atoms with E-state index in [1.807, 2.05) is 4.72 Å². The molecule has 3 aromatic rings. The number of hydrogen-bond acceptors (Lipinski definition) is 5. The predicted octanol–water partition coefficient (Wildman–Crippen LogP) is 3.96. The van der Waals surface area contributed by atoms with Gasteiger partial charge in [-0.1, -0.05) is 23.2 Å². The molecule has 13 heteroatoms. The van der Waals surface area contributed by atoms with Crippen LogP contribution in [0.3, 0.4) is 0 Å². The molecule has 0 atom stereocenters. The van der Waals surface area contributed by atoms with E-state index in [2.05, 4.69) is 4.98 Å². The Balaban J connectivity index is 2.03. The lowest BCUT2D eigenvalue weighted by molar-refractivity contribution is -0.904. The van der Waals surface area contributed by atoms with E-state index in [1.54, 1.807) is 0 Å². The minimum Gasteiger partial charge on any atom is -0.287 e. The van der Waals surface area contributed by atoms with E-state index >= 15 is 0 Å². The monoisotopic (exact) mass is 492 g/mol. The lowest BCUT2D eigenvalue weighted by atomic mass is 10.1. The summed E-state index contributed by atoms with van der Waals surface area (Å²) in [5.74, 6) is -0.720. The predicted molar refractivity (Wildman–Crippen MR) is 104 cm³/mol. The number of halogens is 5. The Morgan fingerprint density at radius 3 is 2.35 bits per heavy atom. The number of alkyl halides is 3. The summed E-state index contributed by atoms with van der Waals surface area (Å²) >= 11 is 11.4. The van der Waals surface area contributed by atoms with E-state index in [0.29, 0.717) is 10.8 Å². The normalized spacial score (nSPS) is 11.9. The average Bonchev–Trinajstić information content (AvgIpc) is 2.67. The summed E-state index contributed by atoms with van der Waals surface area (Å²) in [5, 5.41) is 8.57. The molecule has 0 fully saturated rings. The highest BCUT2D eigenvalue weighted by Gasteiger charge is 2.34. The summed E-state index contributed by atoms with van der Waals surface area (Å²) in [7, 11) is -4.58. The van der Waals surface area contributed by atoms with E-state index in [4.69, 9.17) is 23.2 Å². The Morgan fingerprint density at radius 2 is 1.74 bits per heavy atom. The van der Waals surface area contributed by atoms with Crippen LogP contribution in [0.5, 0.6) is 0 Å². The highest BCUT2D eigenvalue weighted by Crippen LogP contribution is 2.36. The van der Waals surface area contributed by atoms with E-state index in [-0.39, 0.29) is 22.0 Å². The quantitative estimate of drug-likeness (QED) is 0.319. The number of carbonyl (C=O) groups is 1. The Bertz CT molecular complexity index is 1270. The van der Waals surface area contributed by atoms with Crippen molar-refractivity contribution in [3.8, 4) is 0 Å². The molecule has 2 N–H and O–H groups in total. The third kappa shape index (κ3) is 5.06. The van der Waals surface area contributed by atoms with Crippen LogP contribution in [0.15, 0.2) is 59.9 Å². The summed E-state index contributed by atoms with van der Waals surface area (Å²) in [5.41, 5.74) is -1.97. The first kappa shape index (κ1) is 22.8. The van der Waals surface area contributed by atoms with Gasteiger partial charge in [-0.3, -0.25) is 14.7 Å². The van der Waals surface area contributed by atoms with Gasteiger partial charge in [0.15, 0.2) is 0 Å². The van der Waals surface area contributed by atoms with Crippen LogP contribution in [-0.4, -0.2) is 24.4 Å². The zero-order chi connectivity index (χ0) is 23.0. The Hall–Kier alpha value is -2.89. The van der Waals surface area contributed by atoms with Crippen molar-refractivity contribution in [1.29, 1.82) is 0 Å². The molecule has 2 aromatic heterocycles. The zero-order valence-electron chi connectivity index (χ0n) is 15.1. The summed E-state index contributed by atoms with van der Waals surface area (Å²) < 4.78 is 67.4. The van der Waals surface area contributed by atoms with Gasteiger partial charge in [-0.2, -0.15) is 13.2 Å². The van der Waals surface area contributed by atoms with Crippen LogP contribution >= 0.6 is 23.2 Å². The summed E-state index contributed by atoms with van der Waals surface area (Å²) in [6.45, 7) is 0. The Labute approximate surface area is 183 Å². The van der Waals surface area contributed by atoms with Crippen LogP contribution in [0, 0.1) is 0 Å². The van der Waals surface area contributed by atoms with Gasteiger partial charge in [-0.25, -0.2) is 13.4 Å². The molecule has 0 saturated heterocycles. The summed E-state index contributed by atoms with van der Waals surface area (Å²) in [4.78, 5) is 15.9. The number of rotatable bonds is 5. The lowest BCUT2D eigenvalue weighted by Crippen LogP contribution is -2.28. The summed E-state index contributed by atoms with van der Waals surface area (Å²) in [6, 6.07) is 5.67. The molecule has 0 saturated carbocycles. The van der Waals surface area contributed by atoms with Gasteiger partial charge < -0.3 is 0 Å². The van der Waals surface area contributed by atoms with Crippen molar-refractivity contribution in [3.05, 3.63) is 81.9 Å². The standard InChI is InChI=1S/C18H10Cl2F3N3O4S/c19-11-7-15(16(24-9-11)17(27)10-3-5-26(28)6-4-10)25-31(29,30)12-1-2-14(20)13(8-12)18(21,22)23/h1-9H,(H-,25,27,28)/p+1. The molecular formula is C18H11Cl2F3N3O4S+. The van der Waals surface area contributed by atoms with Gasteiger partial charge in [0.05, 0.1) is 26.2 Å². The van der Waals surface area contributed by atoms with Crippen LogP contribution in [0.4, 0.5) is 18.9 Å². The molecule has 0 aliphatic heterocycles. The molecule has 0 aliphatic rings. The number of nitrogens with zero attached hydrogens (tertiary/aromatic N) is 2. The number of carbonyl (C=O) groups excluding carboxylic acids is 1. The van der Waals surface area contributed by atoms with E-state index in [9.17, 15) is 31.6 Å². The number of nitrogens with one attached hydrogen (secondary N) is 1. The van der Waals surface area contributed by atoms with Crippen LogP contribution in [0.1, 0.15) is 21.6 Å². The lowest BCUT2D eigenvalue weighted by Gasteiger charge is -2.14. The van der Waals surface area contributed by atoms with E-state index in [1.165, 1.54) is 24.5 Å². The van der Waals surface area contributed by atoms with Crippen LogP contribution in [-0.2, 0) is 16.2 Å². The van der Waals surface area contributed by atoms with Gasteiger partial charge in [-0.05, 0) is 24.3 Å². The molecule has 31 heavy (non-hydrogen) atoms. The SMILES string of the molecule is O=C(c1cc[n+](O)cc1)c1ncc(Cl)cc1NS(=O)(=O)c1ccc(Cl)c(C(F)(F)F)c1. The van der Waals surface area contributed by atoms with Crippen LogP contribution in [0.2, 0.25) is 10.0 Å². The van der Waals surface area contributed by atoms with Gasteiger partial charge in [0.25, 0.3) is 10.0 Å². The van der Waals surface area contributed by atoms with Crippen molar-refractivity contribution in [1.82, 2.24) is 4.98 Å². The smallest absolute Gasteiger partial charge is 0.287 e. The van der Waals surface area contributed by atoms with E-state index in [0.717, 1.165) is 24.4 Å². The molecule has 0 radical (unpaired) electrons. The number of anilines is 1. The molecule has 0 unspecified atom stereocenters. The number of benzene rings is 1. The van der Waals surface area contributed by atoms with Crippen molar-refractivity contribution >= 4 is 44.7 Å². The van der Waals surface area contributed by atoms with E-state index < -0.39 is 37.5 Å². The molecule has 162 valence electrons. The molecule has 0 spiro atoms. The highest BCUT2D eigenvalue weighted by atomic mass is 35.5. The maximum atomic E-state index is 13.1.